The zero-order chi connectivity index (χ0) is 13.2. The molecule has 1 rings (SSSR count). The molecule has 0 heterocycles. The minimum absolute atomic E-state index is 0.0773. The van der Waals surface area contributed by atoms with Crippen LogP contribution in [0.3, 0.4) is 0 Å². The maximum absolute atomic E-state index is 13.5. The van der Waals surface area contributed by atoms with Crippen LogP contribution in [0.5, 0.6) is 5.75 Å². The van der Waals surface area contributed by atoms with E-state index in [0.717, 1.165) is 6.07 Å². The van der Waals surface area contributed by atoms with E-state index in [9.17, 15) is 18.3 Å². The summed E-state index contributed by atoms with van der Waals surface area (Å²) in [6.07, 6.45) is -1.25. The van der Waals surface area contributed by atoms with E-state index in [1.54, 1.807) is 0 Å². The van der Waals surface area contributed by atoms with Gasteiger partial charge in [-0.2, -0.15) is 0 Å². The number of rotatable bonds is 4. The molecule has 0 aromatic heterocycles. The molecule has 0 fully saturated rings. The molecule has 0 aliphatic heterocycles. The van der Waals surface area contributed by atoms with Crippen molar-refractivity contribution < 1.29 is 23.0 Å². The molecule has 0 saturated carbocycles. The molecule has 0 amide bonds. The molecule has 0 bridgehead atoms. The molecule has 1 unspecified atom stereocenters. The summed E-state index contributed by atoms with van der Waals surface area (Å²) in [5.74, 6) is -4.42. The first-order chi connectivity index (χ1) is 7.81. The molecule has 0 spiro atoms. The van der Waals surface area contributed by atoms with Gasteiger partial charge in [-0.3, -0.25) is 0 Å². The molecule has 0 aliphatic carbocycles. The van der Waals surface area contributed by atoms with E-state index >= 15 is 0 Å². The van der Waals surface area contributed by atoms with Crippen LogP contribution in [0, 0.1) is 5.82 Å². The maximum atomic E-state index is 13.5. The van der Waals surface area contributed by atoms with Crippen molar-refractivity contribution in [3.63, 3.8) is 0 Å². The predicted molar refractivity (Wildman–Crippen MR) is 56.5 cm³/mol. The van der Waals surface area contributed by atoms with E-state index in [4.69, 9.17) is 10.5 Å². The predicted octanol–water partition coefficient (Wildman–Crippen LogP) is 1.94. The van der Waals surface area contributed by atoms with Gasteiger partial charge >= 0.3 is 0 Å². The minimum atomic E-state index is -3.20. The zero-order valence-corrected chi connectivity index (χ0v) is 9.51. The third kappa shape index (κ3) is 2.89. The first-order valence-corrected chi connectivity index (χ1v) is 4.95. The molecule has 1 aromatic rings. The van der Waals surface area contributed by atoms with Gasteiger partial charge in [0.1, 0.15) is 0 Å². The Hall–Kier alpha value is -1.27. The van der Waals surface area contributed by atoms with Crippen molar-refractivity contribution >= 4 is 0 Å². The quantitative estimate of drug-likeness (QED) is 0.857. The van der Waals surface area contributed by atoms with Crippen LogP contribution in [0.15, 0.2) is 12.1 Å². The van der Waals surface area contributed by atoms with Gasteiger partial charge in [-0.25, -0.2) is 13.2 Å². The lowest BCUT2D eigenvalue weighted by atomic mass is 10.0. The smallest absolute Gasteiger partial charge is 0.270 e. The van der Waals surface area contributed by atoms with Gasteiger partial charge in [-0.15, -0.1) is 0 Å². The number of benzene rings is 1. The molecule has 3 nitrogen and oxygen atoms in total. The summed E-state index contributed by atoms with van der Waals surface area (Å²) in [7, 11) is 1.19. The van der Waals surface area contributed by atoms with Gasteiger partial charge in [-0.1, -0.05) is 0 Å². The second kappa shape index (κ2) is 4.93. The topological polar surface area (TPSA) is 55.5 Å². The molecule has 6 heteroatoms. The van der Waals surface area contributed by atoms with Crippen LogP contribution in [0.4, 0.5) is 13.2 Å². The maximum Gasteiger partial charge on any atom is 0.270 e. The normalized spacial score (nSPS) is 13.6. The van der Waals surface area contributed by atoms with E-state index in [1.165, 1.54) is 7.11 Å². The van der Waals surface area contributed by atoms with E-state index in [0.29, 0.717) is 13.0 Å². The molecular weight excluding hydrogens is 235 g/mol. The second-order valence-corrected chi connectivity index (χ2v) is 3.72. The van der Waals surface area contributed by atoms with Gasteiger partial charge in [-0.05, 0) is 12.1 Å². The van der Waals surface area contributed by atoms with E-state index < -0.39 is 23.4 Å². The first kappa shape index (κ1) is 13.8. The second-order valence-electron chi connectivity index (χ2n) is 3.72. The Bertz CT molecular complexity index is 404. The number of aliphatic hydroxyl groups is 1. The highest BCUT2D eigenvalue weighted by Crippen LogP contribution is 2.35. The number of alkyl halides is 2. The summed E-state index contributed by atoms with van der Waals surface area (Å²) in [5, 5.41) is 9.54. The summed E-state index contributed by atoms with van der Waals surface area (Å²) in [6.45, 7) is 0.432. The zero-order valence-electron chi connectivity index (χ0n) is 9.51. The van der Waals surface area contributed by atoms with Crippen LogP contribution < -0.4 is 10.5 Å². The standard InChI is InChI=1S/C11H14F3NO2/c1-11(13,14)6-3-7(9(16)5-15)10(17-2)8(12)4-6/h3-4,9,16H,5,15H2,1-2H3. The Labute approximate surface area is 97.0 Å². The van der Waals surface area contributed by atoms with E-state index in [1.807, 2.05) is 0 Å². The van der Waals surface area contributed by atoms with Crippen molar-refractivity contribution in [3.8, 4) is 5.75 Å². The van der Waals surface area contributed by atoms with Gasteiger partial charge in [0, 0.05) is 24.6 Å². The van der Waals surface area contributed by atoms with Crippen LogP contribution in [0.1, 0.15) is 24.2 Å². The van der Waals surface area contributed by atoms with Crippen LogP contribution in [-0.4, -0.2) is 18.8 Å². The van der Waals surface area contributed by atoms with Gasteiger partial charge in [0.15, 0.2) is 11.6 Å². The largest absolute Gasteiger partial charge is 0.493 e. The highest BCUT2D eigenvalue weighted by molar-refractivity contribution is 5.41. The molecule has 0 saturated heterocycles. The molecule has 0 aliphatic rings. The van der Waals surface area contributed by atoms with Crippen molar-refractivity contribution in [1.82, 2.24) is 0 Å². The summed E-state index contributed by atoms with van der Waals surface area (Å²) in [4.78, 5) is 0. The number of ether oxygens (including phenoxy) is 1. The van der Waals surface area contributed by atoms with E-state index in [2.05, 4.69) is 0 Å². The Balaban J connectivity index is 3.39. The van der Waals surface area contributed by atoms with Crippen LogP contribution in [0.25, 0.3) is 0 Å². The molecule has 17 heavy (non-hydrogen) atoms. The van der Waals surface area contributed by atoms with Crippen LogP contribution in [-0.2, 0) is 5.92 Å². The minimum Gasteiger partial charge on any atom is -0.493 e. The first-order valence-electron chi connectivity index (χ1n) is 4.95. The molecule has 3 N–H and O–H groups in total. The fourth-order valence-corrected chi connectivity index (χ4v) is 1.46. The van der Waals surface area contributed by atoms with Crippen molar-refractivity contribution in [2.45, 2.75) is 19.0 Å². The average Bonchev–Trinajstić information content (AvgIpc) is 2.25. The number of hydrogen-bond acceptors (Lipinski definition) is 3. The number of aliphatic hydroxyl groups excluding tert-OH is 1. The lowest BCUT2D eigenvalue weighted by molar-refractivity contribution is 0.0168. The SMILES string of the molecule is COc1c(F)cc(C(C)(F)F)cc1C(O)CN. The third-order valence-electron chi connectivity index (χ3n) is 2.37. The van der Waals surface area contributed by atoms with Gasteiger partial charge in [0.2, 0.25) is 0 Å². The lowest BCUT2D eigenvalue weighted by Crippen LogP contribution is -2.16. The van der Waals surface area contributed by atoms with Gasteiger partial charge in [0.05, 0.1) is 13.2 Å². The molecule has 96 valence electrons. The monoisotopic (exact) mass is 249 g/mol. The Morgan fingerprint density at radius 1 is 1.47 bits per heavy atom. The molecule has 1 aromatic carbocycles. The van der Waals surface area contributed by atoms with Crippen LogP contribution >= 0.6 is 0 Å². The van der Waals surface area contributed by atoms with Gasteiger partial charge in [0.25, 0.3) is 5.92 Å². The molecule has 1 atom stereocenters. The molecular formula is C11H14F3NO2. The molecule has 0 radical (unpaired) electrons. The third-order valence-corrected chi connectivity index (χ3v) is 2.37. The Morgan fingerprint density at radius 3 is 2.47 bits per heavy atom. The van der Waals surface area contributed by atoms with E-state index in [-0.39, 0.29) is 17.9 Å². The van der Waals surface area contributed by atoms with Crippen molar-refractivity contribution in [2.75, 3.05) is 13.7 Å². The summed E-state index contributed by atoms with van der Waals surface area (Å²) >= 11 is 0. The average molecular weight is 249 g/mol. The fraction of sp³-hybridized carbons (Fsp3) is 0.455. The summed E-state index contributed by atoms with van der Waals surface area (Å²) in [5.41, 5.74) is 4.61. The number of halogens is 3. The Morgan fingerprint density at radius 2 is 2.06 bits per heavy atom. The fourth-order valence-electron chi connectivity index (χ4n) is 1.46. The van der Waals surface area contributed by atoms with Crippen molar-refractivity contribution in [3.05, 3.63) is 29.1 Å². The van der Waals surface area contributed by atoms with Crippen molar-refractivity contribution in [2.24, 2.45) is 5.73 Å². The summed E-state index contributed by atoms with van der Waals surface area (Å²) in [6, 6.07) is 1.69. The number of nitrogens with two attached hydrogens (primary N) is 1. The highest BCUT2D eigenvalue weighted by Gasteiger charge is 2.28. The van der Waals surface area contributed by atoms with Gasteiger partial charge < -0.3 is 15.6 Å². The number of hydrogen-bond donors (Lipinski definition) is 2. The highest BCUT2D eigenvalue weighted by atomic mass is 19.3. The van der Waals surface area contributed by atoms with Crippen LogP contribution in [0.2, 0.25) is 0 Å². The lowest BCUT2D eigenvalue weighted by Gasteiger charge is -2.18. The summed E-state index contributed by atoms with van der Waals surface area (Å²) < 4.78 is 44.5. The number of methoxy groups -OCH3 is 1. The van der Waals surface area contributed by atoms with Crippen molar-refractivity contribution in [1.29, 1.82) is 0 Å². The Kier molecular flexibility index (Phi) is 4.00.